The van der Waals surface area contributed by atoms with E-state index in [9.17, 15) is 4.79 Å². The normalized spacial score (nSPS) is 9.93. The number of rotatable bonds is 7. The lowest BCUT2D eigenvalue weighted by Crippen LogP contribution is -2.06. The molecule has 0 saturated heterocycles. The number of aromatic nitrogens is 3. The van der Waals surface area contributed by atoms with Crippen molar-refractivity contribution in [3.8, 4) is 17.5 Å². The summed E-state index contributed by atoms with van der Waals surface area (Å²) < 4.78 is 6.98. The van der Waals surface area contributed by atoms with Crippen LogP contribution >= 0.6 is 28.7 Å². The molecule has 6 nitrogen and oxygen atoms in total. The second-order valence-electron chi connectivity index (χ2n) is 5.35. The first-order chi connectivity index (χ1) is 12.7. The van der Waals surface area contributed by atoms with Crippen LogP contribution in [-0.2, 0) is 6.42 Å². The van der Waals surface area contributed by atoms with Gasteiger partial charge in [0.15, 0.2) is 16.8 Å². The van der Waals surface area contributed by atoms with Crippen LogP contribution in [0.25, 0.3) is 5.69 Å². The molecule has 3 rings (SSSR count). The minimum Gasteiger partial charge on any atom is -0.497 e. The van der Waals surface area contributed by atoms with Crippen LogP contribution in [0.1, 0.15) is 16.2 Å². The highest BCUT2D eigenvalue weighted by molar-refractivity contribution is 8.93. The average Bonchev–Trinajstić information content (AvgIpc) is 3.09. The molecular weight excluding hydrogens is 428 g/mol. The summed E-state index contributed by atoms with van der Waals surface area (Å²) in [6.45, 7) is 0. The van der Waals surface area contributed by atoms with Gasteiger partial charge in [0.05, 0.1) is 25.4 Å². The Hall–Kier alpha value is -2.63. The molecular formula is C19H17BrN4O2S. The van der Waals surface area contributed by atoms with Crippen molar-refractivity contribution >= 4 is 34.5 Å². The van der Waals surface area contributed by atoms with E-state index in [4.69, 9.17) is 10.00 Å². The molecule has 0 spiro atoms. The van der Waals surface area contributed by atoms with Crippen LogP contribution < -0.4 is 4.74 Å². The molecule has 138 valence electrons. The third-order valence-electron chi connectivity index (χ3n) is 3.70. The lowest BCUT2D eigenvalue weighted by atomic mass is 10.2. The monoisotopic (exact) mass is 444 g/mol. The molecule has 0 aliphatic rings. The quantitative estimate of drug-likeness (QED) is 0.406. The Balaban J connectivity index is 0.00000261. The predicted molar refractivity (Wildman–Crippen MR) is 109 cm³/mol. The molecule has 0 bridgehead atoms. The highest BCUT2D eigenvalue weighted by Crippen LogP contribution is 2.24. The Labute approximate surface area is 172 Å². The Morgan fingerprint density at radius 3 is 2.48 bits per heavy atom. The molecule has 1 aromatic heterocycles. The van der Waals surface area contributed by atoms with E-state index in [0.717, 1.165) is 11.4 Å². The van der Waals surface area contributed by atoms with Crippen LogP contribution in [0.2, 0.25) is 0 Å². The number of methoxy groups -OCH3 is 1. The largest absolute Gasteiger partial charge is 0.497 e. The van der Waals surface area contributed by atoms with Gasteiger partial charge in [-0.25, -0.2) is 0 Å². The van der Waals surface area contributed by atoms with Crippen LogP contribution in [0.4, 0.5) is 0 Å². The molecule has 8 heteroatoms. The number of ether oxygens (including phenoxy) is 1. The molecule has 0 amide bonds. The second-order valence-corrected chi connectivity index (χ2v) is 6.29. The zero-order valence-electron chi connectivity index (χ0n) is 14.5. The van der Waals surface area contributed by atoms with Crippen LogP contribution in [0, 0.1) is 11.3 Å². The highest BCUT2D eigenvalue weighted by Gasteiger charge is 2.16. The van der Waals surface area contributed by atoms with Crippen molar-refractivity contribution < 1.29 is 9.53 Å². The highest BCUT2D eigenvalue weighted by atomic mass is 79.9. The third kappa shape index (κ3) is 4.96. The summed E-state index contributed by atoms with van der Waals surface area (Å²) in [6.07, 6.45) is 0.131. The molecule has 0 aliphatic carbocycles. The Kier molecular flexibility index (Phi) is 7.58. The first kappa shape index (κ1) is 20.7. The number of ketones is 1. The van der Waals surface area contributed by atoms with E-state index >= 15 is 0 Å². The van der Waals surface area contributed by atoms with E-state index in [-0.39, 0.29) is 34.9 Å². The molecule has 0 N–H and O–H groups in total. The molecule has 0 aliphatic heterocycles. The van der Waals surface area contributed by atoms with Crippen molar-refractivity contribution in [3.63, 3.8) is 0 Å². The molecule has 27 heavy (non-hydrogen) atoms. The Bertz CT molecular complexity index is 937. The van der Waals surface area contributed by atoms with Crippen molar-refractivity contribution in [1.29, 1.82) is 5.26 Å². The molecule has 3 aromatic rings. The van der Waals surface area contributed by atoms with Gasteiger partial charge >= 0.3 is 0 Å². The third-order valence-corrected chi connectivity index (χ3v) is 4.63. The predicted octanol–water partition coefficient (Wildman–Crippen LogP) is 3.89. The molecule has 1 heterocycles. The van der Waals surface area contributed by atoms with Gasteiger partial charge in [-0.2, -0.15) is 5.26 Å². The van der Waals surface area contributed by atoms with Crippen molar-refractivity contribution in [2.75, 3.05) is 12.9 Å². The van der Waals surface area contributed by atoms with Crippen molar-refractivity contribution in [3.05, 3.63) is 66.0 Å². The summed E-state index contributed by atoms with van der Waals surface area (Å²) in [4.78, 5) is 12.3. The fraction of sp³-hybridized carbons (Fsp3) is 0.158. The summed E-state index contributed by atoms with van der Waals surface area (Å²) in [5.41, 5.74) is 1.48. The lowest BCUT2D eigenvalue weighted by Gasteiger charge is -2.09. The maximum Gasteiger partial charge on any atom is 0.196 e. The first-order valence-electron chi connectivity index (χ1n) is 7.89. The van der Waals surface area contributed by atoms with Gasteiger partial charge in [0, 0.05) is 11.3 Å². The Morgan fingerprint density at radius 1 is 1.15 bits per heavy atom. The maximum atomic E-state index is 12.3. The summed E-state index contributed by atoms with van der Waals surface area (Å²) >= 11 is 1.30. The average molecular weight is 445 g/mol. The van der Waals surface area contributed by atoms with E-state index in [1.165, 1.54) is 11.8 Å². The summed E-state index contributed by atoms with van der Waals surface area (Å²) in [5.74, 6) is 1.52. The van der Waals surface area contributed by atoms with Crippen LogP contribution in [-0.4, -0.2) is 33.4 Å². The molecule has 0 fully saturated rings. The molecule has 2 aromatic carbocycles. The molecule has 0 saturated carbocycles. The van der Waals surface area contributed by atoms with E-state index in [2.05, 4.69) is 16.3 Å². The number of Topliss-reactive ketones (excluding diaryl/α,β-unsaturated/α-hetero) is 1. The van der Waals surface area contributed by atoms with E-state index < -0.39 is 0 Å². The number of halogens is 1. The van der Waals surface area contributed by atoms with Crippen molar-refractivity contribution in [2.45, 2.75) is 11.6 Å². The number of nitrogens with zero attached hydrogens (tertiary/aromatic N) is 4. The summed E-state index contributed by atoms with van der Waals surface area (Å²) in [6, 6.07) is 18.6. The zero-order valence-corrected chi connectivity index (χ0v) is 17.1. The number of hydrogen-bond donors (Lipinski definition) is 0. The van der Waals surface area contributed by atoms with Crippen molar-refractivity contribution in [2.24, 2.45) is 0 Å². The number of benzene rings is 2. The second kappa shape index (κ2) is 9.90. The number of carbonyl (C=O) groups excluding carboxylic acids is 1. The van der Waals surface area contributed by atoms with Crippen LogP contribution in [0.5, 0.6) is 5.75 Å². The summed E-state index contributed by atoms with van der Waals surface area (Å²) in [7, 11) is 1.60. The van der Waals surface area contributed by atoms with E-state index in [1.807, 2.05) is 42.5 Å². The Morgan fingerprint density at radius 2 is 1.85 bits per heavy atom. The van der Waals surface area contributed by atoms with Gasteiger partial charge in [-0.3, -0.25) is 9.36 Å². The van der Waals surface area contributed by atoms with Crippen LogP contribution in [0.3, 0.4) is 0 Å². The van der Waals surface area contributed by atoms with Gasteiger partial charge in [-0.05, 0) is 24.3 Å². The lowest BCUT2D eigenvalue weighted by molar-refractivity contribution is 0.102. The standard InChI is InChI=1S/C19H16N4O2S.BrH/c1-25-16-9-7-15(8-10-16)23-18(11-12-20)21-22-19(23)26-13-17(24)14-5-3-2-4-6-14;/h2-10H,11,13H2,1H3;1H. The summed E-state index contributed by atoms with van der Waals surface area (Å²) in [5, 5.41) is 17.9. The van der Waals surface area contributed by atoms with E-state index in [0.29, 0.717) is 16.5 Å². The van der Waals surface area contributed by atoms with Gasteiger partial charge < -0.3 is 4.74 Å². The fourth-order valence-corrected chi connectivity index (χ4v) is 3.27. The van der Waals surface area contributed by atoms with Gasteiger partial charge in [0.1, 0.15) is 5.75 Å². The number of hydrogen-bond acceptors (Lipinski definition) is 6. The van der Waals surface area contributed by atoms with Gasteiger partial charge in [-0.15, -0.1) is 27.2 Å². The maximum absolute atomic E-state index is 12.3. The number of carbonyl (C=O) groups is 1. The van der Waals surface area contributed by atoms with Crippen LogP contribution in [0.15, 0.2) is 59.8 Å². The topological polar surface area (TPSA) is 80.8 Å². The SMILES string of the molecule is Br.COc1ccc(-n2c(CC#N)nnc2SCC(=O)c2ccccc2)cc1. The molecule has 0 atom stereocenters. The van der Waals surface area contributed by atoms with Gasteiger partial charge in [-0.1, -0.05) is 42.1 Å². The smallest absolute Gasteiger partial charge is 0.196 e. The number of thioether (sulfide) groups is 1. The number of nitriles is 1. The van der Waals surface area contributed by atoms with Crippen molar-refractivity contribution in [1.82, 2.24) is 14.8 Å². The van der Waals surface area contributed by atoms with Gasteiger partial charge in [0.2, 0.25) is 0 Å². The van der Waals surface area contributed by atoms with Gasteiger partial charge in [0.25, 0.3) is 0 Å². The zero-order chi connectivity index (χ0) is 18.4. The van der Waals surface area contributed by atoms with E-state index in [1.54, 1.807) is 23.8 Å². The first-order valence-corrected chi connectivity index (χ1v) is 8.88. The molecule has 0 unspecified atom stereocenters. The minimum absolute atomic E-state index is 0. The fourth-order valence-electron chi connectivity index (χ4n) is 2.41. The molecule has 0 radical (unpaired) electrons. The minimum atomic E-state index is 0.